The Balaban J connectivity index is 1.80. The van der Waals surface area contributed by atoms with Gasteiger partial charge in [0.2, 0.25) is 18.1 Å². The highest BCUT2D eigenvalue weighted by atomic mass is 16.6. The van der Waals surface area contributed by atoms with Crippen molar-refractivity contribution in [2.45, 2.75) is 39.9 Å². The second-order valence-corrected chi connectivity index (χ2v) is 9.89. The highest BCUT2D eigenvalue weighted by Crippen LogP contribution is 2.15. The van der Waals surface area contributed by atoms with Crippen molar-refractivity contribution < 1.29 is 43.3 Å². The molecular formula is C31H31N3O9. The number of carbonyl (C=O) groups is 6. The first kappa shape index (κ1) is 32.0. The van der Waals surface area contributed by atoms with Gasteiger partial charge in [-0.15, -0.1) is 0 Å². The fraction of sp³-hybridized carbons (Fsp3) is 0.226. The lowest BCUT2D eigenvalue weighted by Gasteiger charge is -2.23. The Morgan fingerprint density at radius 1 is 0.651 bits per heavy atom. The zero-order valence-corrected chi connectivity index (χ0v) is 23.9. The molecule has 2 atom stereocenters. The smallest absolute Gasteiger partial charge is 0.349 e. The summed E-state index contributed by atoms with van der Waals surface area (Å²) in [5.41, 5.74) is 6.08. The number of aliphatic carboxylic acids is 1. The molecule has 12 nitrogen and oxygen atoms in total. The normalized spacial score (nSPS) is 11.9. The van der Waals surface area contributed by atoms with Crippen LogP contribution >= 0.6 is 0 Å². The fourth-order valence-electron chi connectivity index (χ4n) is 3.66. The number of benzene rings is 3. The van der Waals surface area contributed by atoms with Gasteiger partial charge in [-0.2, -0.15) is 0 Å². The van der Waals surface area contributed by atoms with Gasteiger partial charge in [0.05, 0.1) is 11.1 Å². The van der Waals surface area contributed by atoms with Crippen LogP contribution in [-0.4, -0.2) is 52.9 Å². The van der Waals surface area contributed by atoms with Crippen molar-refractivity contribution in [2.24, 2.45) is 5.92 Å². The van der Waals surface area contributed by atoms with Crippen molar-refractivity contribution in [3.8, 4) is 0 Å². The first-order valence-electron chi connectivity index (χ1n) is 13.1. The third kappa shape index (κ3) is 8.98. The maximum atomic E-state index is 13.2. The molecule has 0 radical (unpaired) electrons. The minimum Gasteiger partial charge on any atom is -0.478 e. The number of ether oxygens (including phenoxy) is 2. The highest BCUT2D eigenvalue weighted by molar-refractivity contribution is 5.99. The largest absolute Gasteiger partial charge is 0.478 e. The van der Waals surface area contributed by atoms with Crippen molar-refractivity contribution in [1.29, 1.82) is 0 Å². The Morgan fingerprint density at radius 2 is 1.16 bits per heavy atom. The molecule has 0 aliphatic carbocycles. The van der Waals surface area contributed by atoms with E-state index in [4.69, 9.17) is 9.47 Å². The molecule has 0 bridgehead atoms. The van der Waals surface area contributed by atoms with Gasteiger partial charge in [0, 0.05) is 17.2 Å². The molecule has 0 aliphatic heterocycles. The number of carbonyl (C=O) groups excluding carboxylic acids is 5. The lowest BCUT2D eigenvalue weighted by Crippen LogP contribution is -2.54. The Hall–Kier alpha value is -5.52. The summed E-state index contributed by atoms with van der Waals surface area (Å²) in [4.78, 5) is 75.6. The maximum Gasteiger partial charge on any atom is 0.349 e. The van der Waals surface area contributed by atoms with E-state index in [0.717, 1.165) is 0 Å². The minimum absolute atomic E-state index is 0.0109. The summed E-state index contributed by atoms with van der Waals surface area (Å²) in [7, 11) is 0. The van der Waals surface area contributed by atoms with Gasteiger partial charge in [-0.3, -0.25) is 25.2 Å². The minimum atomic E-state index is -2.28. The summed E-state index contributed by atoms with van der Waals surface area (Å²) in [6.07, 6.45) is -4.48. The summed E-state index contributed by atoms with van der Waals surface area (Å²) in [5.74, 6) is -6.46. The number of rotatable bonds is 10. The van der Waals surface area contributed by atoms with Crippen LogP contribution < -0.4 is 16.2 Å². The van der Waals surface area contributed by atoms with Gasteiger partial charge in [-0.05, 0) is 62.4 Å². The number of hydrazine groups is 1. The SMILES string of the molecule is Cc1cccc(C(=O)O[C@H](C(=O)NNC(=O)c2ccc(NC(=O)C(C)C)cc2)[C@@H](OC(=O)c2cccc(C)c2)C(=O)O)c1. The number of amides is 3. The molecule has 3 amide bonds. The number of nitrogens with one attached hydrogen (secondary N) is 3. The van der Waals surface area contributed by atoms with Crippen LogP contribution in [0.4, 0.5) is 5.69 Å². The standard InChI is InChI=1S/C31H31N3O9/c1-17(2)26(35)32-23-13-11-20(12-14-23)27(36)33-34-28(37)24(42-30(40)21-9-5-7-18(3)15-21)25(29(38)39)43-31(41)22-10-6-8-19(4)16-22/h5-17,24-25H,1-4H3,(H,32,35)(H,33,36)(H,34,37)(H,38,39)/t24-,25+/m0/s1. The fourth-order valence-corrected chi connectivity index (χ4v) is 3.66. The van der Waals surface area contributed by atoms with E-state index in [1.54, 1.807) is 52.0 Å². The molecule has 224 valence electrons. The number of hydrogen-bond acceptors (Lipinski definition) is 8. The molecule has 3 rings (SSSR count). The van der Waals surface area contributed by atoms with Crippen molar-refractivity contribution in [3.05, 3.63) is 101 Å². The van der Waals surface area contributed by atoms with Gasteiger partial charge in [0.25, 0.3) is 11.8 Å². The van der Waals surface area contributed by atoms with Gasteiger partial charge in [-0.1, -0.05) is 49.2 Å². The van der Waals surface area contributed by atoms with Crippen molar-refractivity contribution in [3.63, 3.8) is 0 Å². The van der Waals surface area contributed by atoms with Crippen LogP contribution in [0.2, 0.25) is 0 Å². The maximum absolute atomic E-state index is 13.2. The van der Waals surface area contributed by atoms with E-state index in [1.807, 2.05) is 5.43 Å². The monoisotopic (exact) mass is 589 g/mol. The van der Waals surface area contributed by atoms with Crippen LogP contribution in [0.5, 0.6) is 0 Å². The Labute approximate surface area is 247 Å². The van der Waals surface area contributed by atoms with E-state index in [9.17, 15) is 33.9 Å². The van der Waals surface area contributed by atoms with E-state index in [-0.39, 0.29) is 28.5 Å². The number of carboxylic acids is 1. The van der Waals surface area contributed by atoms with Crippen LogP contribution in [0.25, 0.3) is 0 Å². The third-order valence-corrected chi connectivity index (χ3v) is 5.99. The third-order valence-electron chi connectivity index (χ3n) is 5.99. The predicted octanol–water partition coefficient (Wildman–Crippen LogP) is 3.19. The molecular weight excluding hydrogens is 558 g/mol. The van der Waals surface area contributed by atoms with Crippen molar-refractivity contribution in [1.82, 2.24) is 10.9 Å². The molecule has 3 aromatic carbocycles. The van der Waals surface area contributed by atoms with Gasteiger partial charge >= 0.3 is 17.9 Å². The Morgan fingerprint density at radius 3 is 1.63 bits per heavy atom. The molecule has 0 fully saturated rings. The summed E-state index contributed by atoms with van der Waals surface area (Å²) < 4.78 is 10.4. The summed E-state index contributed by atoms with van der Waals surface area (Å²) in [6, 6.07) is 18.0. The molecule has 4 N–H and O–H groups in total. The van der Waals surface area contributed by atoms with Crippen LogP contribution in [-0.2, 0) is 23.9 Å². The number of anilines is 1. The molecule has 0 aliphatic rings. The topological polar surface area (TPSA) is 177 Å². The number of aryl methyl sites for hydroxylation is 2. The Bertz CT molecular complexity index is 1530. The van der Waals surface area contributed by atoms with Crippen LogP contribution in [0.1, 0.15) is 56.0 Å². The molecule has 0 saturated heterocycles. The average molecular weight is 590 g/mol. The lowest BCUT2D eigenvalue weighted by molar-refractivity contribution is -0.159. The predicted molar refractivity (Wildman–Crippen MR) is 154 cm³/mol. The van der Waals surface area contributed by atoms with E-state index in [2.05, 4.69) is 10.7 Å². The van der Waals surface area contributed by atoms with Crippen LogP contribution in [0, 0.1) is 19.8 Å². The molecule has 0 aromatic heterocycles. The van der Waals surface area contributed by atoms with E-state index >= 15 is 0 Å². The van der Waals surface area contributed by atoms with Gasteiger partial charge < -0.3 is 19.9 Å². The zero-order chi connectivity index (χ0) is 31.7. The van der Waals surface area contributed by atoms with E-state index < -0.39 is 41.9 Å². The quantitative estimate of drug-likeness (QED) is 0.204. The highest BCUT2D eigenvalue weighted by Gasteiger charge is 2.41. The van der Waals surface area contributed by atoms with Crippen LogP contribution in [0.3, 0.4) is 0 Å². The number of esters is 2. The molecule has 43 heavy (non-hydrogen) atoms. The van der Waals surface area contributed by atoms with Crippen molar-refractivity contribution >= 4 is 41.3 Å². The van der Waals surface area contributed by atoms with Crippen LogP contribution in [0.15, 0.2) is 72.8 Å². The molecule has 0 spiro atoms. The van der Waals surface area contributed by atoms with E-state index in [0.29, 0.717) is 16.8 Å². The van der Waals surface area contributed by atoms with Crippen molar-refractivity contribution in [2.75, 3.05) is 5.32 Å². The van der Waals surface area contributed by atoms with Gasteiger partial charge in [-0.25, -0.2) is 14.4 Å². The van der Waals surface area contributed by atoms with Gasteiger partial charge in [0.15, 0.2) is 0 Å². The first-order valence-corrected chi connectivity index (χ1v) is 13.1. The molecule has 0 saturated carbocycles. The summed E-state index contributed by atoms with van der Waals surface area (Å²) in [6.45, 7) is 6.88. The summed E-state index contributed by atoms with van der Waals surface area (Å²) >= 11 is 0. The second-order valence-electron chi connectivity index (χ2n) is 9.89. The Kier molecular flexibility index (Phi) is 10.7. The molecule has 12 heteroatoms. The number of carboxylic acid groups (broad SMARTS) is 1. The second kappa shape index (κ2) is 14.4. The first-order chi connectivity index (χ1) is 20.3. The zero-order valence-electron chi connectivity index (χ0n) is 23.9. The molecule has 0 unspecified atom stereocenters. The number of hydrogen-bond donors (Lipinski definition) is 4. The molecule has 3 aromatic rings. The molecule has 0 heterocycles. The average Bonchev–Trinajstić information content (AvgIpc) is 2.97. The summed E-state index contributed by atoms with van der Waals surface area (Å²) in [5, 5.41) is 12.6. The van der Waals surface area contributed by atoms with Gasteiger partial charge in [0.1, 0.15) is 0 Å². The van der Waals surface area contributed by atoms with E-state index in [1.165, 1.54) is 48.5 Å². The lowest BCUT2D eigenvalue weighted by atomic mass is 10.1.